The second kappa shape index (κ2) is 28.6. The molecule has 4 unspecified atom stereocenters. The predicted molar refractivity (Wildman–Crippen MR) is 162 cm³/mol. The summed E-state index contributed by atoms with van der Waals surface area (Å²) in [5.74, 6) is 0. The summed E-state index contributed by atoms with van der Waals surface area (Å²) in [5.41, 5.74) is -1.12. The Morgan fingerprint density at radius 3 is 0.816 bits per heavy atom. The van der Waals surface area contributed by atoms with Crippen LogP contribution in [0, 0.1) is 5.41 Å². The molecule has 0 bridgehead atoms. The van der Waals surface area contributed by atoms with Gasteiger partial charge < -0.3 is 77.3 Å². The van der Waals surface area contributed by atoms with Gasteiger partial charge in [-0.2, -0.15) is 0 Å². The molecular weight excluding hydrogens is 668 g/mol. The Hall–Kier alpha value is -3.24. The monoisotopic (exact) mass is 720 g/mol. The maximum absolute atomic E-state index is 11.7. The zero-order valence-electron chi connectivity index (χ0n) is 28.4. The van der Waals surface area contributed by atoms with Gasteiger partial charge in [0, 0.05) is 0 Å². The van der Waals surface area contributed by atoms with Gasteiger partial charge in [0.1, 0.15) is 50.8 Å². The zero-order valence-corrected chi connectivity index (χ0v) is 28.4. The third-order valence-electron chi connectivity index (χ3n) is 5.48. The van der Waals surface area contributed by atoms with E-state index in [4.69, 9.17) is 58.3 Å². The van der Waals surface area contributed by atoms with Crippen molar-refractivity contribution in [3.05, 3.63) is 0 Å². The summed E-state index contributed by atoms with van der Waals surface area (Å²) in [6.45, 7) is 2.75. The van der Waals surface area contributed by atoms with Gasteiger partial charge in [-0.25, -0.2) is 19.2 Å². The van der Waals surface area contributed by atoms with Gasteiger partial charge in [0.15, 0.2) is 0 Å². The van der Waals surface area contributed by atoms with E-state index in [0.29, 0.717) is 0 Å². The number of hydrogen-bond acceptors (Lipinski definition) is 20. The fourth-order valence-corrected chi connectivity index (χ4v) is 3.46. The first-order chi connectivity index (χ1) is 23.4. The van der Waals surface area contributed by atoms with E-state index in [-0.39, 0.29) is 106 Å². The van der Waals surface area contributed by atoms with E-state index in [1.54, 1.807) is 27.7 Å². The fraction of sp³-hybridized carbons (Fsp3) is 0.862. The van der Waals surface area contributed by atoms with Gasteiger partial charge in [-0.3, -0.25) is 0 Å². The maximum Gasteiger partial charge on any atom is 0.508 e. The van der Waals surface area contributed by atoms with Crippen molar-refractivity contribution < 1.29 is 96.4 Å². The molecule has 0 rings (SSSR count). The van der Waals surface area contributed by atoms with Gasteiger partial charge in [0.05, 0.1) is 84.7 Å². The van der Waals surface area contributed by atoms with E-state index < -0.39 is 54.5 Å². The summed E-state index contributed by atoms with van der Waals surface area (Å²) in [7, 11) is 0. The largest absolute Gasteiger partial charge is 0.508 e. The normalized spacial score (nSPS) is 14.7. The molecule has 4 N–H and O–H groups in total. The summed E-state index contributed by atoms with van der Waals surface area (Å²) >= 11 is 0. The van der Waals surface area contributed by atoms with Crippen LogP contribution in [0.25, 0.3) is 0 Å². The van der Waals surface area contributed by atoms with Crippen molar-refractivity contribution in [3.8, 4) is 0 Å². The molecule has 0 fully saturated rings. The van der Waals surface area contributed by atoms with E-state index in [2.05, 4.69) is 18.9 Å². The number of aliphatic hydroxyl groups excluding tert-OH is 4. The third-order valence-corrected chi connectivity index (χ3v) is 5.48. The van der Waals surface area contributed by atoms with Crippen LogP contribution >= 0.6 is 0 Å². The van der Waals surface area contributed by atoms with Crippen LogP contribution in [0.15, 0.2) is 0 Å². The Labute approximate surface area is 284 Å². The fourth-order valence-electron chi connectivity index (χ4n) is 3.46. The molecule has 20 nitrogen and oxygen atoms in total. The molecule has 20 heteroatoms. The molecule has 0 aromatic rings. The Morgan fingerprint density at radius 1 is 0.429 bits per heavy atom. The van der Waals surface area contributed by atoms with Gasteiger partial charge in [-0.05, 0) is 27.7 Å². The summed E-state index contributed by atoms with van der Waals surface area (Å²) < 4.78 is 62.5. The summed E-state index contributed by atoms with van der Waals surface area (Å²) in [6.07, 6.45) is -7.12. The van der Waals surface area contributed by atoms with Crippen molar-refractivity contribution in [1.29, 1.82) is 0 Å². The molecule has 0 aliphatic heterocycles. The van der Waals surface area contributed by atoms with Crippen LogP contribution in [0.2, 0.25) is 0 Å². The number of aliphatic hydroxyl groups is 4. The Kier molecular flexibility index (Phi) is 26.7. The van der Waals surface area contributed by atoms with Gasteiger partial charge in [0.2, 0.25) is 0 Å². The second-order valence-electron chi connectivity index (χ2n) is 10.6. The first kappa shape index (κ1) is 45.8. The van der Waals surface area contributed by atoms with Crippen LogP contribution in [-0.2, 0) is 56.8 Å². The highest BCUT2D eigenvalue weighted by molar-refractivity contribution is 5.61. The van der Waals surface area contributed by atoms with Crippen LogP contribution in [-0.4, -0.2) is 175 Å². The lowest BCUT2D eigenvalue weighted by Crippen LogP contribution is -2.44. The first-order valence-corrected chi connectivity index (χ1v) is 15.5. The quantitative estimate of drug-likeness (QED) is 0.0620. The summed E-state index contributed by atoms with van der Waals surface area (Å²) in [4.78, 5) is 47.0. The van der Waals surface area contributed by atoms with E-state index in [0.717, 1.165) is 0 Å². The van der Waals surface area contributed by atoms with Gasteiger partial charge in [-0.15, -0.1) is 0 Å². The Morgan fingerprint density at radius 2 is 0.633 bits per heavy atom. The number of hydrogen-bond donors (Lipinski definition) is 4. The first-order valence-electron chi connectivity index (χ1n) is 15.5. The molecule has 0 radical (unpaired) electrons. The lowest BCUT2D eigenvalue weighted by molar-refractivity contribution is -0.133. The van der Waals surface area contributed by atoms with Crippen molar-refractivity contribution >= 4 is 24.6 Å². The molecule has 0 aromatic heterocycles. The number of carbonyl (C=O) groups is 4. The molecule has 0 amide bonds. The molecule has 0 heterocycles. The Bertz CT molecular complexity index is 746. The standard InChI is InChI=1S/C29H52O20/c1-21(46-25(34)42-9-5-30)13-38-17-29(18-39-14-22(2)47-26(35)43-10-6-31,19-40-15-23(3)48-27(36)44-11-7-32)20-41-16-24(4)49-28(37)45-12-8-33/h21-24,30-33H,5-20H2,1-4H3. The van der Waals surface area contributed by atoms with Crippen molar-refractivity contribution in [2.24, 2.45) is 5.41 Å². The van der Waals surface area contributed by atoms with Crippen LogP contribution in [0.3, 0.4) is 0 Å². The Balaban J connectivity index is 5.70. The predicted octanol–water partition coefficient (Wildman–Crippen LogP) is 0.175. The maximum atomic E-state index is 11.7. The molecule has 4 atom stereocenters. The van der Waals surface area contributed by atoms with Crippen molar-refractivity contribution in [2.75, 3.05) is 106 Å². The molecule has 0 saturated heterocycles. The molecule has 0 aromatic carbocycles. The minimum Gasteiger partial charge on any atom is -0.432 e. The second-order valence-corrected chi connectivity index (χ2v) is 10.6. The van der Waals surface area contributed by atoms with Gasteiger partial charge >= 0.3 is 24.6 Å². The minimum absolute atomic E-state index is 0.112. The van der Waals surface area contributed by atoms with E-state index in [9.17, 15) is 19.2 Å². The molecule has 0 aliphatic carbocycles. The highest BCUT2D eigenvalue weighted by Crippen LogP contribution is 2.22. The van der Waals surface area contributed by atoms with Crippen LogP contribution in [0.1, 0.15) is 27.7 Å². The lowest BCUT2D eigenvalue weighted by Gasteiger charge is -2.34. The summed E-state index contributed by atoms with van der Waals surface area (Å²) in [6, 6.07) is 0. The summed E-state index contributed by atoms with van der Waals surface area (Å²) in [5, 5.41) is 35.3. The molecule has 288 valence electrons. The van der Waals surface area contributed by atoms with Crippen LogP contribution in [0.4, 0.5) is 19.2 Å². The molecule has 0 spiro atoms. The SMILES string of the molecule is CC(COCC(COCC(C)OC(=O)OCCO)(COCC(C)OC(=O)OCCO)COCC(C)OC(=O)OCCO)OC(=O)OCCO. The van der Waals surface area contributed by atoms with Crippen molar-refractivity contribution in [1.82, 2.24) is 0 Å². The van der Waals surface area contributed by atoms with Crippen molar-refractivity contribution in [2.45, 2.75) is 52.1 Å². The smallest absolute Gasteiger partial charge is 0.432 e. The van der Waals surface area contributed by atoms with E-state index >= 15 is 0 Å². The highest BCUT2D eigenvalue weighted by atomic mass is 16.8. The van der Waals surface area contributed by atoms with Crippen LogP contribution in [0.5, 0.6) is 0 Å². The third kappa shape index (κ3) is 25.4. The van der Waals surface area contributed by atoms with E-state index in [1.807, 2.05) is 0 Å². The number of carbonyl (C=O) groups excluding carboxylic acids is 4. The molecule has 0 aliphatic rings. The average Bonchev–Trinajstić information content (AvgIpc) is 3.04. The van der Waals surface area contributed by atoms with Gasteiger partial charge in [0.25, 0.3) is 0 Å². The minimum atomic E-state index is -1.12. The average molecular weight is 721 g/mol. The van der Waals surface area contributed by atoms with Gasteiger partial charge in [-0.1, -0.05) is 0 Å². The molecule has 49 heavy (non-hydrogen) atoms. The topological polar surface area (TPSA) is 260 Å². The van der Waals surface area contributed by atoms with E-state index in [1.165, 1.54) is 0 Å². The molecule has 0 saturated carbocycles. The van der Waals surface area contributed by atoms with Crippen molar-refractivity contribution in [3.63, 3.8) is 0 Å². The van der Waals surface area contributed by atoms with Crippen LogP contribution < -0.4 is 0 Å². The highest BCUT2D eigenvalue weighted by Gasteiger charge is 2.34. The number of ether oxygens (including phenoxy) is 12. The molecular formula is C29H52O20. The zero-order chi connectivity index (χ0) is 36.9. The number of rotatable bonds is 28. The lowest BCUT2D eigenvalue weighted by atomic mass is 9.92.